The molecule has 0 aromatic rings. The summed E-state index contributed by atoms with van der Waals surface area (Å²) in [7, 11) is 4.36. The third-order valence-corrected chi connectivity index (χ3v) is 12.0. The highest BCUT2D eigenvalue weighted by molar-refractivity contribution is 4.94. The van der Waals surface area contributed by atoms with E-state index in [0.717, 1.165) is 32.3 Å². The molecule has 0 aromatic carbocycles. The average Bonchev–Trinajstić information content (AvgIpc) is 3.51. The highest BCUT2D eigenvalue weighted by atomic mass is 16.9. The summed E-state index contributed by atoms with van der Waals surface area (Å²) < 4.78 is 19.3. The van der Waals surface area contributed by atoms with Crippen molar-refractivity contribution in [3.8, 4) is 0 Å². The molecule has 1 aliphatic heterocycles. The molecule has 0 aromatic heterocycles. The van der Waals surface area contributed by atoms with Gasteiger partial charge in [-0.15, -0.1) is 0 Å². The molecule has 328 valence electrons. The SMILES string of the molecule is CCCCCC=CCC=CCCCCCCCCC(CCCCCCCCC=CCC=CCCCCC)COC1(C)OCC(CC(C)(C)CC(C)(C)N(C)C)O1. The van der Waals surface area contributed by atoms with E-state index < -0.39 is 5.97 Å². The number of nitrogens with zero attached hydrogens (tertiary/aromatic N) is 1. The normalized spacial score (nSPS) is 19.0. The predicted octanol–water partition coefficient (Wildman–Crippen LogP) is 16.3. The van der Waals surface area contributed by atoms with E-state index in [1.807, 2.05) is 6.92 Å². The van der Waals surface area contributed by atoms with Crippen molar-refractivity contribution >= 4 is 0 Å². The fourth-order valence-electron chi connectivity index (χ4n) is 8.23. The Bertz CT molecular complexity index is 962. The summed E-state index contributed by atoms with van der Waals surface area (Å²) >= 11 is 0. The minimum Gasteiger partial charge on any atom is -0.327 e. The van der Waals surface area contributed by atoms with Crippen molar-refractivity contribution in [1.82, 2.24) is 4.90 Å². The Balaban J connectivity index is 2.42. The van der Waals surface area contributed by atoms with E-state index in [1.54, 1.807) is 0 Å². The van der Waals surface area contributed by atoms with Gasteiger partial charge in [0.15, 0.2) is 0 Å². The first-order valence-corrected chi connectivity index (χ1v) is 24.2. The molecule has 0 amide bonds. The van der Waals surface area contributed by atoms with Gasteiger partial charge in [0.1, 0.15) is 0 Å². The van der Waals surface area contributed by atoms with Gasteiger partial charge < -0.3 is 19.1 Å². The summed E-state index contributed by atoms with van der Waals surface area (Å²) in [6, 6.07) is 0. The van der Waals surface area contributed by atoms with Crippen LogP contribution in [-0.4, -0.2) is 49.8 Å². The Morgan fingerprint density at radius 3 is 1.45 bits per heavy atom. The lowest BCUT2D eigenvalue weighted by atomic mass is 9.76. The molecule has 2 unspecified atom stereocenters. The quantitative estimate of drug-likeness (QED) is 0.0461. The van der Waals surface area contributed by atoms with Crippen LogP contribution < -0.4 is 0 Å². The maximum absolute atomic E-state index is 6.52. The topological polar surface area (TPSA) is 30.9 Å². The monoisotopic (exact) mass is 784 g/mol. The van der Waals surface area contributed by atoms with Crippen molar-refractivity contribution in [3.63, 3.8) is 0 Å². The molecule has 1 saturated heterocycles. The molecular weight excluding hydrogens is 687 g/mol. The number of unbranched alkanes of at least 4 members (excludes halogenated alkanes) is 18. The lowest BCUT2D eigenvalue weighted by Gasteiger charge is -2.40. The minimum atomic E-state index is -0.922. The molecule has 0 spiro atoms. The summed E-state index contributed by atoms with van der Waals surface area (Å²) in [5.41, 5.74) is 0.290. The zero-order valence-electron chi connectivity index (χ0n) is 39.2. The lowest BCUT2D eigenvalue weighted by Crippen LogP contribution is -2.43. The van der Waals surface area contributed by atoms with Crippen LogP contribution in [0.3, 0.4) is 0 Å². The zero-order chi connectivity index (χ0) is 41.2. The van der Waals surface area contributed by atoms with Gasteiger partial charge in [-0.25, -0.2) is 0 Å². The van der Waals surface area contributed by atoms with Crippen LogP contribution in [0.4, 0.5) is 0 Å². The molecule has 0 saturated carbocycles. The van der Waals surface area contributed by atoms with Crippen molar-refractivity contribution in [2.75, 3.05) is 27.3 Å². The summed E-state index contributed by atoms with van der Waals surface area (Å²) in [6.45, 7) is 17.3. The number of ether oxygens (including phenoxy) is 3. The molecule has 0 aliphatic carbocycles. The van der Waals surface area contributed by atoms with Gasteiger partial charge >= 0.3 is 0 Å². The van der Waals surface area contributed by atoms with Gasteiger partial charge in [-0.2, -0.15) is 0 Å². The Kier molecular flexibility index (Phi) is 31.7. The van der Waals surface area contributed by atoms with Gasteiger partial charge in [-0.1, -0.05) is 166 Å². The maximum Gasteiger partial charge on any atom is 0.280 e. The van der Waals surface area contributed by atoms with E-state index >= 15 is 0 Å². The van der Waals surface area contributed by atoms with E-state index in [2.05, 4.69) is 109 Å². The summed E-state index contributed by atoms with van der Waals surface area (Å²) in [5.74, 6) is -0.346. The summed E-state index contributed by atoms with van der Waals surface area (Å²) in [5, 5.41) is 0. The van der Waals surface area contributed by atoms with E-state index in [9.17, 15) is 0 Å². The molecule has 1 heterocycles. The largest absolute Gasteiger partial charge is 0.327 e. The van der Waals surface area contributed by atoms with Gasteiger partial charge in [-0.05, 0) is 129 Å². The van der Waals surface area contributed by atoms with Gasteiger partial charge in [0.05, 0.1) is 19.3 Å². The number of hydrogen-bond acceptors (Lipinski definition) is 4. The fraction of sp³-hybridized carbons (Fsp3) is 0.846. The first-order valence-electron chi connectivity index (χ1n) is 24.2. The molecule has 1 rings (SSSR count). The Labute approximate surface area is 351 Å². The van der Waals surface area contributed by atoms with Crippen molar-refractivity contribution < 1.29 is 14.2 Å². The third kappa shape index (κ3) is 29.9. The van der Waals surface area contributed by atoms with Gasteiger partial charge in [0.25, 0.3) is 5.97 Å². The summed E-state index contributed by atoms with van der Waals surface area (Å²) in [6.07, 6.45) is 54.7. The highest BCUT2D eigenvalue weighted by Gasteiger charge is 2.42. The van der Waals surface area contributed by atoms with Crippen molar-refractivity contribution in [1.29, 1.82) is 0 Å². The van der Waals surface area contributed by atoms with Crippen molar-refractivity contribution in [2.45, 2.75) is 246 Å². The smallest absolute Gasteiger partial charge is 0.280 e. The van der Waals surface area contributed by atoms with Crippen LogP contribution in [0.25, 0.3) is 0 Å². The van der Waals surface area contributed by atoms with E-state index in [0.29, 0.717) is 12.5 Å². The molecule has 4 nitrogen and oxygen atoms in total. The number of rotatable bonds is 38. The molecule has 2 atom stereocenters. The zero-order valence-corrected chi connectivity index (χ0v) is 39.2. The highest BCUT2D eigenvalue weighted by Crippen LogP contribution is 2.38. The van der Waals surface area contributed by atoms with E-state index in [1.165, 1.54) is 154 Å². The van der Waals surface area contributed by atoms with Crippen LogP contribution in [0.5, 0.6) is 0 Å². The van der Waals surface area contributed by atoms with Crippen LogP contribution in [-0.2, 0) is 14.2 Å². The van der Waals surface area contributed by atoms with Gasteiger partial charge in [0.2, 0.25) is 0 Å². The van der Waals surface area contributed by atoms with Crippen LogP contribution >= 0.6 is 0 Å². The molecule has 4 heteroatoms. The first kappa shape index (κ1) is 52.8. The lowest BCUT2D eigenvalue weighted by molar-refractivity contribution is -0.329. The first-order chi connectivity index (χ1) is 26.9. The van der Waals surface area contributed by atoms with E-state index in [4.69, 9.17) is 14.2 Å². The van der Waals surface area contributed by atoms with Crippen LogP contribution in [0, 0.1) is 11.3 Å². The average molecular weight is 784 g/mol. The second-order valence-electron chi connectivity index (χ2n) is 19.1. The summed E-state index contributed by atoms with van der Waals surface area (Å²) in [4.78, 5) is 2.33. The predicted molar refractivity (Wildman–Crippen MR) is 247 cm³/mol. The molecule has 1 fully saturated rings. The minimum absolute atomic E-state index is 0.0757. The van der Waals surface area contributed by atoms with Crippen LogP contribution in [0.1, 0.15) is 228 Å². The second-order valence-corrected chi connectivity index (χ2v) is 19.1. The van der Waals surface area contributed by atoms with Crippen molar-refractivity contribution in [3.05, 3.63) is 48.6 Å². The van der Waals surface area contributed by atoms with Crippen LogP contribution in [0.15, 0.2) is 48.6 Å². The Morgan fingerprint density at radius 1 is 0.607 bits per heavy atom. The molecule has 56 heavy (non-hydrogen) atoms. The second kappa shape index (κ2) is 33.6. The molecule has 0 radical (unpaired) electrons. The molecule has 0 N–H and O–H groups in total. The Hall–Kier alpha value is -1.20. The Morgan fingerprint density at radius 2 is 1.02 bits per heavy atom. The third-order valence-electron chi connectivity index (χ3n) is 12.0. The number of hydrogen-bond donors (Lipinski definition) is 0. The number of allylic oxidation sites excluding steroid dienone is 8. The molecular formula is C52H97NO3. The molecule has 1 aliphatic rings. The standard InChI is InChI=1S/C52H97NO3/c1-10-12-14-16-18-20-22-24-26-28-30-32-34-36-38-40-42-48(43-41-39-37-35-33-31-29-27-25-23-21-19-17-15-13-11-2)45-54-52(7)55-46-49(56-52)44-50(3,4)47-51(5,6)53(8)9/h18-21,24-27,48-49H,10-17,22-23,28-47H2,1-9H3. The fourth-order valence-corrected chi connectivity index (χ4v) is 8.23. The molecule has 0 bridgehead atoms. The van der Waals surface area contributed by atoms with Crippen LogP contribution in [0.2, 0.25) is 0 Å². The maximum atomic E-state index is 6.52. The van der Waals surface area contributed by atoms with Gasteiger partial charge in [0, 0.05) is 12.5 Å². The van der Waals surface area contributed by atoms with Crippen molar-refractivity contribution in [2.24, 2.45) is 11.3 Å². The van der Waals surface area contributed by atoms with Gasteiger partial charge in [-0.3, -0.25) is 0 Å². The van der Waals surface area contributed by atoms with E-state index in [-0.39, 0.29) is 17.1 Å².